The van der Waals surface area contributed by atoms with Gasteiger partial charge in [0, 0.05) is 29.0 Å². The quantitative estimate of drug-likeness (QED) is 0.440. The zero-order valence-electron chi connectivity index (χ0n) is 17.9. The molecule has 1 atom stereocenters. The Kier molecular flexibility index (Phi) is 4.99. The van der Waals surface area contributed by atoms with Crippen molar-refractivity contribution in [3.8, 4) is 11.5 Å². The molecule has 3 aliphatic rings. The van der Waals surface area contributed by atoms with Gasteiger partial charge in [0.25, 0.3) is 5.69 Å². The van der Waals surface area contributed by atoms with Crippen LogP contribution in [0.5, 0.6) is 11.5 Å². The van der Waals surface area contributed by atoms with Gasteiger partial charge in [-0.1, -0.05) is 13.8 Å². The number of nitrogens with zero attached hydrogens (tertiary/aromatic N) is 1. The van der Waals surface area contributed by atoms with Gasteiger partial charge in [-0.25, -0.2) is 4.79 Å². The van der Waals surface area contributed by atoms with Gasteiger partial charge in [-0.05, 0) is 31.7 Å². The van der Waals surface area contributed by atoms with E-state index >= 15 is 0 Å². The van der Waals surface area contributed by atoms with Crippen molar-refractivity contribution >= 4 is 17.4 Å². The number of fused-ring (bicyclic) bond motifs is 1. The molecule has 4 rings (SSSR count). The maximum Gasteiger partial charge on any atom is 0.336 e. The number of nitrogens with one attached hydrogen (secondary N) is 1. The van der Waals surface area contributed by atoms with Crippen molar-refractivity contribution < 1.29 is 28.7 Å². The predicted molar refractivity (Wildman–Crippen MR) is 109 cm³/mol. The number of hydrogen-bond acceptors (Lipinski definition) is 8. The van der Waals surface area contributed by atoms with E-state index in [0.29, 0.717) is 29.1 Å². The molecule has 164 valence electrons. The first-order chi connectivity index (χ1) is 14.6. The number of ketones is 1. The molecule has 9 heteroatoms. The fraction of sp³-hybridized carbons (Fsp3) is 0.455. The van der Waals surface area contributed by atoms with Crippen LogP contribution in [-0.2, 0) is 14.3 Å². The minimum atomic E-state index is -0.936. The van der Waals surface area contributed by atoms with Crippen LogP contribution >= 0.6 is 0 Å². The fourth-order valence-electron chi connectivity index (χ4n) is 4.56. The molecule has 1 N–H and O–H groups in total. The lowest BCUT2D eigenvalue weighted by atomic mass is 9.68. The summed E-state index contributed by atoms with van der Waals surface area (Å²) in [4.78, 5) is 37.6. The number of benzene rings is 1. The van der Waals surface area contributed by atoms with E-state index in [1.165, 1.54) is 12.1 Å². The van der Waals surface area contributed by atoms with E-state index in [1.54, 1.807) is 13.8 Å². The van der Waals surface area contributed by atoms with Gasteiger partial charge in [-0.3, -0.25) is 14.9 Å². The van der Waals surface area contributed by atoms with Crippen LogP contribution in [0.3, 0.4) is 0 Å². The van der Waals surface area contributed by atoms with Crippen LogP contribution in [0.4, 0.5) is 5.69 Å². The molecular formula is C22H24N2O7. The number of esters is 1. The highest BCUT2D eigenvalue weighted by Gasteiger charge is 2.45. The molecule has 1 aliphatic carbocycles. The van der Waals surface area contributed by atoms with E-state index in [1.807, 2.05) is 13.8 Å². The first-order valence-electron chi connectivity index (χ1n) is 10.1. The van der Waals surface area contributed by atoms with E-state index in [-0.39, 0.29) is 53.6 Å². The van der Waals surface area contributed by atoms with Crippen molar-refractivity contribution in [2.24, 2.45) is 5.41 Å². The Labute approximate surface area is 179 Å². The minimum Gasteiger partial charge on any atom is -0.463 e. The first kappa shape index (κ1) is 20.9. The standard InChI is InChI=1S/C22H24N2O7/c1-5-29-21(26)18-11(2)23-13-8-22(3,4)9-15(25)20(13)19(18)12-6-16-17(31-10-30-16)7-14(12)24(27)28/h6-7,19,23H,5,8-10H2,1-4H3/t19-/m1/s1. The number of hydrogen-bond donors (Lipinski definition) is 1. The third-order valence-corrected chi connectivity index (χ3v) is 5.76. The summed E-state index contributed by atoms with van der Waals surface area (Å²) in [6.45, 7) is 7.47. The molecule has 0 bridgehead atoms. The maximum atomic E-state index is 13.3. The number of ether oxygens (including phenoxy) is 3. The lowest BCUT2D eigenvalue weighted by molar-refractivity contribution is -0.385. The van der Waals surface area contributed by atoms with Gasteiger partial charge in [0.15, 0.2) is 17.3 Å². The van der Waals surface area contributed by atoms with Crippen LogP contribution in [-0.4, -0.2) is 30.1 Å². The second-order valence-corrected chi connectivity index (χ2v) is 8.67. The largest absolute Gasteiger partial charge is 0.463 e. The topological polar surface area (TPSA) is 117 Å². The summed E-state index contributed by atoms with van der Waals surface area (Å²) in [6.07, 6.45) is 0.855. The van der Waals surface area contributed by atoms with Crippen molar-refractivity contribution in [1.29, 1.82) is 0 Å². The minimum absolute atomic E-state index is 0.0527. The Bertz CT molecular complexity index is 1070. The summed E-state index contributed by atoms with van der Waals surface area (Å²) in [5.41, 5.74) is 1.46. The number of rotatable bonds is 4. The summed E-state index contributed by atoms with van der Waals surface area (Å²) in [5.74, 6) is -1.11. The van der Waals surface area contributed by atoms with Crippen molar-refractivity contribution in [2.75, 3.05) is 13.4 Å². The third-order valence-electron chi connectivity index (χ3n) is 5.76. The normalized spacial score (nSPS) is 21.5. The second-order valence-electron chi connectivity index (χ2n) is 8.67. The van der Waals surface area contributed by atoms with Gasteiger partial charge in [0.2, 0.25) is 6.79 Å². The highest BCUT2D eigenvalue weighted by Crippen LogP contribution is 2.50. The smallest absolute Gasteiger partial charge is 0.336 e. The van der Waals surface area contributed by atoms with E-state index in [0.717, 1.165) is 0 Å². The van der Waals surface area contributed by atoms with E-state index in [9.17, 15) is 19.7 Å². The summed E-state index contributed by atoms with van der Waals surface area (Å²) in [7, 11) is 0. The molecule has 2 heterocycles. The zero-order chi connectivity index (χ0) is 22.5. The van der Waals surface area contributed by atoms with Crippen molar-refractivity contribution in [3.63, 3.8) is 0 Å². The molecule has 0 spiro atoms. The molecular weight excluding hydrogens is 404 g/mol. The maximum absolute atomic E-state index is 13.3. The van der Waals surface area contributed by atoms with Crippen LogP contribution in [0.15, 0.2) is 34.7 Å². The third kappa shape index (κ3) is 3.54. The van der Waals surface area contributed by atoms with Crippen molar-refractivity contribution in [1.82, 2.24) is 5.32 Å². The SMILES string of the molecule is CCOC(=O)C1=C(C)NC2=C(C(=O)CC(C)(C)C2)[C@@H]1c1cc2c(cc1[N+](=O)[O-])OCO2. The van der Waals surface area contributed by atoms with Crippen molar-refractivity contribution in [2.45, 2.75) is 46.5 Å². The molecule has 0 fully saturated rings. The molecule has 0 saturated heterocycles. The number of carbonyl (C=O) groups is 2. The number of Topliss-reactive ketones (excluding diaryl/α,β-unsaturated/α-hetero) is 1. The fourth-order valence-corrected chi connectivity index (χ4v) is 4.56. The number of nitro groups is 1. The van der Waals surface area contributed by atoms with Gasteiger partial charge in [-0.2, -0.15) is 0 Å². The average molecular weight is 428 g/mol. The van der Waals surface area contributed by atoms with Crippen molar-refractivity contribution in [3.05, 3.63) is 50.4 Å². The Hall–Kier alpha value is -3.36. The Morgan fingerprint density at radius 2 is 1.97 bits per heavy atom. The number of allylic oxidation sites excluding steroid dienone is 3. The molecule has 0 aromatic heterocycles. The van der Waals surface area contributed by atoms with Crippen LogP contribution in [0.1, 0.15) is 52.0 Å². The zero-order valence-corrected chi connectivity index (χ0v) is 17.9. The Balaban J connectivity index is 1.98. The van der Waals surface area contributed by atoms with E-state index in [4.69, 9.17) is 14.2 Å². The molecule has 0 radical (unpaired) electrons. The van der Waals surface area contributed by atoms with Gasteiger partial charge >= 0.3 is 5.97 Å². The molecule has 31 heavy (non-hydrogen) atoms. The van der Waals surface area contributed by atoms with E-state index < -0.39 is 16.8 Å². The van der Waals surface area contributed by atoms with Gasteiger partial charge in [0.05, 0.1) is 29.1 Å². The summed E-state index contributed by atoms with van der Waals surface area (Å²) < 4.78 is 16.0. The number of dihydropyridines is 1. The molecule has 9 nitrogen and oxygen atoms in total. The predicted octanol–water partition coefficient (Wildman–Crippen LogP) is 3.49. The highest BCUT2D eigenvalue weighted by molar-refractivity contribution is 6.04. The lowest BCUT2D eigenvalue weighted by Gasteiger charge is -2.39. The second kappa shape index (κ2) is 7.40. The molecule has 0 amide bonds. The summed E-state index contributed by atoms with van der Waals surface area (Å²) in [6, 6.07) is 2.79. The lowest BCUT2D eigenvalue weighted by Crippen LogP contribution is -2.38. The van der Waals surface area contributed by atoms with Gasteiger partial charge < -0.3 is 19.5 Å². The Morgan fingerprint density at radius 1 is 1.29 bits per heavy atom. The monoisotopic (exact) mass is 428 g/mol. The van der Waals surface area contributed by atoms with Gasteiger partial charge in [-0.15, -0.1) is 0 Å². The van der Waals surface area contributed by atoms with E-state index in [2.05, 4.69) is 5.32 Å². The Morgan fingerprint density at radius 3 is 2.61 bits per heavy atom. The summed E-state index contributed by atoms with van der Waals surface area (Å²) in [5, 5.41) is 15.2. The summed E-state index contributed by atoms with van der Waals surface area (Å²) >= 11 is 0. The van der Waals surface area contributed by atoms with Gasteiger partial charge in [0.1, 0.15) is 0 Å². The molecule has 2 aliphatic heterocycles. The first-order valence-corrected chi connectivity index (χ1v) is 10.1. The number of nitro benzene ring substituents is 1. The molecule has 1 aromatic rings. The molecule has 1 aromatic carbocycles. The molecule has 0 saturated carbocycles. The highest BCUT2D eigenvalue weighted by atomic mass is 16.7. The van der Waals surface area contributed by atoms with Crippen LogP contribution in [0, 0.1) is 15.5 Å². The van der Waals surface area contributed by atoms with Crippen LogP contribution in [0.25, 0.3) is 0 Å². The molecule has 0 unspecified atom stereocenters. The van der Waals surface area contributed by atoms with Crippen LogP contribution in [0.2, 0.25) is 0 Å². The average Bonchev–Trinajstić information content (AvgIpc) is 3.12. The van der Waals surface area contributed by atoms with Crippen LogP contribution < -0.4 is 14.8 Å². The number of carbonyl (C=O) groups excluding carboxylic acids is 2.